The van der Waals surface area contributed by atoms with Gasteiger partial charge in [-0.2, -0.15) is 5.06 Å². The van der Waals surface area contributed by atoms with E-state index in [2.05, 4.69) is 65.5 Å². The SMILES string of the molecule is CC(O)C1C(CO)ON(Cc2cccc(N3CC[NH+](C(=S)NCCN4CCOCC4)CC3)c2)C1C(=O)NC1CC2CC(C1C)C2(C)C. The summed E-state index contributed by atoms with van der Waals surface area (Å²) in [6.07, 6.45) is 0.772. The molecule has 2 bridgehead atoms. The number of amides is 1. The number of hydroxylamine groups is 2. The molecule has 3 aliphatic heterocycles. The zero-order valence-corrected chi connectivity index (χ0v) is 29.5. The van der Waals surface area contributed by atoms with E-state index >= 15 is 0 Å². The van der Waals surface area contributed by atoms with Gasteiger partial charge in [-0.15, -0.1) is 0 Å². The number of morpholine rings is 1. The van der Waals surface area contributed by atoms with Gasteiger partial charge in [0.05, 0.1) is 45.6 Å². The molecular weight excluding hydrogens is 616 g/mol. The van der Waals surface area contributed by atoms with Crippen molar-refractivity contribution in [1.82, 2.24) is 20.6 Å². The van der Waals surface area contributed by atoms with Crippen LogP contribution in [0.15, 0.2) is 24.3 Å². The molecule has 3 heterocycles. The molecule has 6 aliphatic rings. The third-order valence-electron chi connectivity index (χ3n) is 12.2. The number of nitrogens with one attached hydrogen (secondary N) is 3. The summed E-state index contributed by atoms with van der Waals surface area (Å²) in [6, 6.07) is 7.83. The first-order valence-corrected chi connectivity index (χ1v) is 18.3. The number of aliphatic hydroxyl groups excluding tert-OH is 2. The van der Waals surface area contributed by atoms with Crippen LogP contribution in [-0.2, 0) is 20.9 Å². The molecule has 8 atom stereocenters. The number of hydrogen-bond acceptors (Lipinski definition) is 9. The summed E-state index contributed by atoms with van der Waals surface area (Å²) in [6.45, 7) is 17.9. The van der Waals surface area contributed by atoms with E-state index in [1.54, 1.807) is 12.0 Å². The molecule has 3 saturated carbocycles. The maximum Gasteiger partial charge on any atom is 0.268 e. The lowest BCUT2D eigenvalue weighted by molar-refractivity contribution is -0.806. The van der Waals surface area contributed by atoms with Crippen LogP contribution >= 0.6 is 12.2 Å². The van der Waals surface area contributed by atoms with Gasteiger partial charge in [-0.25, -0.2) is 0 Å². The Morgan fingerprint density at radius 3 is 2.57 bits per heavy atom. The number of carbonyl (C=O) groups excluding carboxylic acids is 1. The Balaban J connectivity index is 1.05. The van der Waals surface area contributed by atoms with Crippen LogP contribution in [0.4, 0.5) is 5.69 Å². The van der Waals surface area contributed by atoms with Crippen molar-refractivity contribution in [3.8, 4) is 0 Å². The number of nitrogens with zero attached hydrogens (tertiary/aromatic N) is 3. The van der Waals surface area contributed by atoms with Gasteiger partial charge in [0.1, 0.15) is 25.2 Å². The van der Waals surface area contributed by atoms with E-state index in [4.69, 9.17) is 21.8 Å². The van der Waals surface area contributed by atoms with Crippen LogP contribution in [-0.4, -0.2) is 128 Å². The molecule has 7 rings (SSSR count). The summed E-state index contributed by atoms with van der Waals surface area (Å²) >= 11 is 5.75. The standard InChI is InChI=1S/C35H56N6O5S/c1-23-28-19-26(35(28,3)4)20-29(23)37-33(44)32-31(24(2)43)30(22-42)46-41(32)21-25-6-5-7-27(18-25)39-10-12-40(13-11-39)34(47)36-8-9-38-14-16-45-17-15-38/h5-7,18,23-24,26,28-32,42-43H,8-17,19-22H2,1-4H3,(H,36,47)(H,37,44)/p+1. The molecule has 12 heteroatoms. The number of ether oxygens (including phenoxy) is 1. The Morgan fingerprint density at radius 2 is 1.91 bits per heavy atom. The molecule has 6 fully saturated rings. The monoisotopic (exact) mass is 673 g/mol. The van der Waals surface area contributed by atoms with Crippen molar-refractivity contribution in [1.29, 1.82) is 0 Å². The molecule has 0 spiro atoms. The van der Waals surface area contributed by atoms with Crippen LogP contribution in [0.5, 0.6) is 0 Å². The minimum atomic E-state index is -0.811. The maximum absolute atomic E-state index is 14.0. The second-order valence-corrected chi connectivity index (χ2v) is 15.6. The lowest BCUT2D eigenvalue weighted by Gasteiger charge is -2.62. The Kier molecular flexibility index (Phi) is 11.1. The number of rotatable bonds is 10. The highest BCUT2D eigenvalue weighted by Gasteiger charge is 2.57. The van der Waals surface area contributed by atoms with E-state index in [0.29, 0.717) is 29.7 Å². The Bertz CT molecular complexity index is 1240. The quantitative estimate of drug-likeness (QED) is 0.222. The van der Waals surface area contributed by atoms with Gasteiger partial charge in [0.15, 0.2) is 0 Å². The number of fused-ring (bicyclic) bond motifs is 2. The first-order chi connectivity index (χ1) is 22.6. The fraction of sp³-hybridized carbons (Fsp3) is 0.771. The summed E-state index contributed by atoms with van der Waals surface area (Å²) in [5, 5.41) is 30.4. The molecule has 0 aromatic heterocycles. The van der Waals surface area contributed by atoms with Gasteiger partial charge in [-0.1, -0.05) is 32.9 Å². The van der Waals surface area contributed by atoms with Crippen LogP contribution in [0.3, 0.4) is 0 Å². The molecule has 8 unspecified atom stereocenters. The van der Waals surface area contributed by atoms with Gasteiger partial charge < -0.3 is 30.5 Å². The first kappa shape index (κ1) is 34.9. The summed E-state index contributed by atoms with van der Waals surface area (Å²) in [4.78, 5) is 26.3. The Labute approximate surface area is 285 Å². The van der Waals surface area contributed by atoms with Crippen molar-refractivity contribution in [2.24, 2.45) is 29.1 Å². The Hall–Kier alpha value is -1.90. The van der Waals surface area contributed by atoms with Crippen LogP contribution in [0, 0.1) is 29.1 Å². The van der Waals surface area contributed by atoms with Gasteiger partial charge in [-0.05, 0) is 60.6 Å². The van der Waals surface area contributed by atoms with Crippen molar-refractivity contribution >= 4 is 28.9 Å². The molecule has 0 radical (unpaired) electrons. The number of piperazine rings is 1. The lowest BCUT2D eigenvalue weighted by Crippen LogP contribution is -3.18. The molecule has 3 aliphatic carbocycles. The molecule has 3 saturated heterocycles. The van der Waals surface area contributed by atoms with Crippen molar-refractivity contribution in [3.05, 3.63) is 29.8 Å². The largest absolute Gasteiger partial charge is 0.394 e. The predicted octanol–water partition coefficient (Wildman–Crippen LogP) is 0.259. The van der Waals surface area contributed by atoms with E-state index in [9.17, 15) is 15.0 Å². The zero-order valence-electron chi connectivity index (χ0n) is 28.7. The highest BCUT2D eigenvalue weighted by Crippen LogP contribution is 2.61. The highest BCUT2D eigenvalue weighted by molar-refractivity contribution is 7.79. The second kappa shape index (κ2) is 14.9. The highest BCUT2D eigenvalue weighted by atomic mass is 32.1. The fourth-order valence-electron chi connectivity index (χ4n) is 9.05. The van der Waals surface area contributed by atoms with E-state index < -0.39 is 24.2 Å². The molecule has 5 N–H and O–H groups in total. The number of quaternary nitrogens is 1. The fourth-order valence-corrected chi connectivity index (χ4v) is 9.36. The van der Waals surface area contributed by atoms with E-state index in [-0.39, 0.29) is 18.6 Å². The van der Waals surface area contributed by atoms with Crippen LogP contribution in [0.2, 0.25) is 0 Å². The number of benzene rings is 1. The number of hydrogen-bond donors (Lipinski definition) is 5. The van der Waals surface area contributed by atoms with E-state index in [0.717, 1.165) is 88.4 Å². The number of thiocarbonyl (C=S) groups is 1. The predicted molar refractivity (Wildman–Crippen MR) is 185 cm³/mol. The van der Waals surface area contributed by atoms with Gasteiger partial charge in [0.25, 0.3) is 5.11 Å². The zero-order chi connectivity index (χ0) is 33.3. The third kappa shape index (κ3) is 7.50. The van der Waals surface area contributed by atoms with Crippen LogP contribution in [0.25, 0.3) is 0 Å². The first-order valence-electron chi connectivity index (χ1n) is 17.9. The van der Waals surface area contributed by atoms with Crippen LogP contribution in [0.1, 0.15) is 46.1 Å². The summed E-state index contributed by atoms with van der Waals surface area (Å²) in [7, 11) is 0. The normalized spacial score (nSPS) is 33.7. The van der Waals surface area contributed by atoms with Crippen molar-refractivity contribution in [3.63, 3.8) is 0 Å². The van der Waals surface area contributed by atoms with E-state index in [1.165, 1.54) is 11.3 Å². The molecule has 11 nitrogen and oxygen atoms in total. The summed E-state index contributed by atoms with van der Waals surface area (Å²) in [5.41, 5.74) is 2.49. The minimum absolute atomic E-state index is 0.112. The van der Waals surface area contributed by atoms with Crippen molar-refractivity contribution < 1.29 is 29.5 Å². The maximum atomic E-state index is 14.0. The van der Waals surface area contributed by atoms with Gasteiger partial charge in [0, 0.05) is 56.0 Å². The Morgan fingerprint density at radius 1 is 1.17 bits per heavy atom. The molecule has 1 aromatic rings. The topological polar surface area (TPSA) is 114 Å². The van der Waals surface area contributed by atoms with Gasteiger partial charge in [0.2, 0.25) is 5.91 Å². The molecular formula is C35H57N6O5S+. The van der Waals surface area contributed by atoms with Crippen molar-refractivity contribution in [2.45, 2.75) is 71.4 Å². The van der Waals surface area contributed by atoms with Gasteiger partial charge in [-0.3, -0.25) is 19.4 Å². The average molecular weight is 674 g/mol. The third-order valence-corrected chi connectivity index (χ3v) is 12.6. The van der Waals surface area contributed by atoms with Crippen molar-refractivity contribution in [2.75, 3.05) is 77.1 Å². The average Bonchev–Trinajstić information content (AvgIpc) is 3.44. The molecule has 47 heavy (non-hydrogen) atoms. The van der Waals surface area contributed by atoms with Crippen LogP contribution < -0.4 is 20.4 Å². The van der Waals surface area contributed by atoms with Gasteiger partial charge >= 0.3 is 0 Å². The molecule has 262 valence electrons. The molecule has 1 aromatic carbocycles. The van der Waals surface area contributed by atoms with E-state index in [1.807, 2.05) is 0 Å². The summed E-state index contributed by atoms with van der Waals surface area (Å²) < 4.78 is 5.44. The molecule has 1 amide bonds. The minimum Gasteiger partial charge on any atom is -0.394 e. The smallest absolute Gasteiger partial charge is 0.268 e. The second-order valence-electron chi connectivity index (χ2n) is 15.2. The number of aliphatic hydroxyl groups is 2. The lowest BCUT2D eigenvalue weighted by atomic mass is 9.45. The number of anilines is 1. The number of carbonyl (C=O) groups is 1. The summed E-state index contributed by atoms with van der Waals surface area (Å²) in [5.74, 6) is 0.982.